The molecule has 2 rings (SSSR count). The molecule has 0 saturated carbocycles. The van der Waals surface area contributed by atoms with Crippen LogP contribution in [0.5, 0.6) is 0 Å². The summed E-state index contributed by atoms with van der Waals surface area (Å²) in [7, 11) is 0. The molecule has 1 aromatic carbocycles. The quantitative estimate of drug-likeness (QED) is 0.676. The van der Waals surface area contributed by atoms with Gasteiger partial charge in [-0.3, -0.25) is 4.79 Å². The monoisotopic (exact) mass is 284 g/mol. The highest BCUT2D eigenvalue weighted by atomic mass is 16.3. The number of aryl methyl sites for hydroxylation is 2. The Morgan fingerprint density at radius 1 is 1.29 bits per heavy atom. The fourth-order valence-corrected chi connectivity index (χ4v) is 2.14. The summed E-state index contributed by atoms with van der Waals surface area (Å²) in [6.45, 7) is 6.02. The molecule has 0 aliphatic carbocycles. The Bertz CT molecular complexity index is 643. The van der Waals surface area contributed by atoms with Crippen LogP contribution >= 0.6 is 0 Å². The Labute approximate surface area is 124 Å². The highest BCUT2D eigenvalue weighted by Crippen LogP contribution is 2.11. The van der Waals surface area contributed by atoms with Crippen LogP contribution in [-0.4, -0.2) is 11.6 Å². The van der Waals surface area contributed by atoms with E-state index in [9.17, 15) is 4.79 Å². The molecule has 0 radical (unpaired) electrons. The van der Waals surface area contributed by atoms with Gasteiger partial charge in [-0.1, -0.05) is 30.7 Å². The molecule has 1 aromatic heterocycles. The molecule has 0 aliphatic rings. The second kappa shape index (κ2) is 6.88. The summed E-state index contributed by atoms with van der Waals surface area (Å²) < 4.78 is 5.29. The summed E-state index contributed by atoms with van der Waals surface area (Å²) in [6, 6.07) is 9.71. The molecule has 4 heteroatoms. The molecule has 0 saturated heterocycles. The van der Waals surface area contributed by atoms with E-state index in [1.54, 1.807) is 12.3 Å². The Hall–Kier alpha value is -2.36. The molecule has 0 fully saturated rings. The number of nitrogens with zero attached hydrogens (tertiary/aromatic N) is 1. The van der Waals surface area contributed by atoms with Crippen LogP contribution < -0.4 is 5.43 Å². The minimum Gasteiger partial charge on any atom is -0.463 e. The molecule has 1 heterocycles. The molecular weight excluding hydrogens is 264 g/mol. The van der Waals surface area contributed by atoms with Crippen LogP contribution in [0, 0.1) is 13.8 Å². The number of carbonyl (C=O) groups is 1. The van der Waals surface area contributed by atoms with Gasteiger partial charge in [-0.15, -0.1) is 0 Å². The summed E-state index contributed by atoms with van der Waals surface area (Å²) in [5.41, 5.74) is 6.67. The van der Waals surface area contributed by atoms with Gasteiger partial charge in [0.15, 0.2) is 0 Å². The van der Waals surface area contributed by atoms with Crippen molar-refractivity contribution in [2.24, 2.45) is 5.10 Å². The fraction of sp³-hybridized carbons (Fsp3) is 0.294. The summed E-state index contributed by atoms with van der Waals surface area (Å²) in [6.07, 6.45) is 2.61. The van der Waals surface area contributed by atoms with Crippen LogP contribution in [0.2, 0.25) is 0 Å². The van der Waals surface area contributed by atoms with Crippen molar-refractivity contribution in [3.8, 4) is 0 Å². The first-order valence-corrected chi connectivity index (χ1v) is 7.05. The first kappa shape index (κ1) is 15.0. The SMILES string of the molecule is CC/C(=N/NC(=O)Cc1ccc(C)cc1C)c1ccco1. The van der Waals surface area contributed by atoms with Crippen LogP contribution in [0.4, 0.5) is 0 Å². The van der Waals surface area contributed by atoms with Crippen molar-refractivity contribution >= 4 is 11.6 Å². The summed E-state index contributed by atoms with van der Waals surface area (Å²) in [4.78, 5) is 12.0. The van der Waals surface area contributed by atoms with Crippen LogP contribution in [0.25, 0.3) is 0 Å². The average molecular weight is 284 g/mol. The van der Waals surface area contributed by atoms with Gasteiger partial charge in [0.05, 0.1) is 12.7 Å². The Kier molecular flexibility index (Phi) is 4.93. The van der Waals surface area contributed by atoms with Gasteiger partial charge < -0.3 is 4.42 Å². The maximum atomic E-state index is 12.0. The summed E-state index contributed by atoms with van der Waals surface area (Å²) in [5, 5.41) is 4.15. The average Bonchev–Trinajstić information content (AvgIpc) is 2.97. The molecule has 1 amide bonds. The molecule has 0 aliphatic heterocycles. The molecule has 0 bridgehead atoms. The van der Waals surface area contributed by atoms with Gasteiger partial charge in [0.1, 0.15) is 11.5 Å². The lowest BCUT2D eigenvalue weighted by Gasteiger charge is -2.06. The highest BCUT2D eigenvalue weighted by molar-refractivity contribution is 5.98. The van der Waals surface area contributed by atoms with Crippen LogP contribution in [0.3, 0.4) is 0 Å². The van der Waals surface area contributed by atoms with Gasteiger partial charge in [-0.05, 0) is 43.5 Å². The second-order valence-electron chi connectivity index (χ2n) is 5.03. The molecular formula is C17H20N2O2. The number of hydrogen-bond donors (Lipinski definition) is 1. The Morgan fingerprint density at radius 2 is 2.10 bits per heavy atom. The van der Waals surface area contributed by atoms with Crippen LogP contribution in [-0.2, 0) is 11.2 Å². The number of benzene rings is 1. The van der Waals surface area contributed by atoms with E-state index in [1.165, 1.54) is 5.56 Å². The molecule has 0 unspecified atom stereocenters. The number of carbonyl (C=O) groups excluding carboxylic acids is 1. The van der Waals surface area contributed by atoms with Gasteiger partial charge in [0.25, 0.3) is 0 Å². The van der Waals surface area contributed by atoms with Crippen molar-refractivity contribution in [3.63, 3.8) is 0 Å². The third-order valence-corrected chi connectivity index (χ3v) is 3.31. The smallest absolute Gasteiger partial charge is 0.244 e. The van der Waals surface area contributed by atoms with Gasteiger partial charge in [0, 0.05) is 0 Å². The van der Waals surface area contributed by atoms with Crippen molar-refractivity contribution in [3.05, 3.63) is 59.0 Å². The van der Waals surface area contributed by atoms with Crippen molar-refractivity contribution in [2.45, 2.75) is 33.6 Å². The standard InChI is InChI=1S/C17H20N2O2/c1-4-15(16-6-5-9-21-16)18-19-17(20)11-14-8-7-12(2)10-13(14)3/h5-10H,4,11H2,1-3H3,(H,19,20)/b18-15-. The minimum absolute atomic E-state index is 0.126. The largest absolute Gasteiger partial charge is 0.463 e. The Balaban J connectivity index is 2.01. The molecule has 0 spiro atoms. The molecule has 0 atom stereocenters. The predicted octanol–water partition coefficient (Wildman–Crippen LogP) is 3.37. The van der Waals surface area contributed by atoms with Crippen molar-refractivity contribution in [2.75, 3.05) is 0 Å². The third kappa shape index (κ3) is 4.05. The zero-order valence-corrected chi connectivity index (χ0v) is 12.6. The first-order valence-electron chi connectivity index (χ1n) is 7.05. The van der Waals surface area contributed by atoms with Gasteiger partial charge in [-0.2, -0.15) is 5.10 Å². The lowest BCUT2D eigenvalue weighted by Crippen LogP contribution is -2.22. The number of furan rings is 1. The lowest BCUT2D eigenvalue weighted by atomic mass is 10.0. The fourth-order valence-electron chi connectivity index (χ4n) is 2.14. The minimum atomic E-state index is -0.126. The predicted molar refractivity (Wildman–Crippen MR) is 83.3 cm³/mol. The zero-order chi connectivity index (χ0) is 15.2. The molecule has 21 heavy (non-hydrogen) atoms. The molecule has 1 N–H and O–H groups in total. The van der Waals surface area contributed by atoms with E-state index in [-0.39, 0.29) is 5.91 Å². The molecule has 4 nitrogen and oxygen atoms in total. The van der Waals surface area contributed by atoms with E-state index >= 15 is 0 Å². The van der Waals surface area contributed by atoms with Gasteiger partial charge >= 0.3 is 0 Å². The van der Waals surface area contributed by atoms with Crippen LogP contribution in [0.1, 0.15) is 35.8 Å². The van der Waals surface area contributed by atoms with Gasteiger partial charge in [-0.25, -0.2) is 5.43 Å². The van der Waals surface area contributed by atoms with E-state index in [2.05, 4.69) is 16.6 Å². The summed E-state index contributed by atoms with van der Waals surface area (Å²) >= 11 is 0. The van der Waals surface area contributed by atoms with E-state index in [1.807, 2.05) is 39.0 Å². The number of hydrogen-bond acceptors (Lipinski definition) is 3. The van der Waals surface area contributed by atoms with Crippen molar-refractivity contribution in [1.29, 1.82) is 0 Å². The second-order valence-corrected chi connectivity index (χ2v) is 5.03. The van der Waals surface area contributed by atoms with E-state index in [4.69, 9.17) is 4.42 Å². The van der Waals surface area contributed by atoms with E-state index < -0.39 is 0 Å². The topological polar surface area (TPSA) is 54.6 Å². The van der Waals surface area contributed by atoms with Crippen LogP contribution in [0.15, 0.2) is 46.1 Å². The molecule has 2 aromatic rings. The maximum Gasteiger partial charge on any atom is 0.244 e. The lowest BCUT2D eigenvalue weighted by molar-refractivity contribution is -0.120. The third-order valence-electron chi connectivity index (χ3n) is 3.31. The number of hydrazone groups is 1. The zero-order valence-electron chi connectivity index (χ0n) is 12.6. The van der Waals surface area contributed by atoms with E-state index in [0.29, 0.717) is 18.6 Å². The maximum absolute atomic E-state index is 12.0. The van der Waals surface area contributed by atoms with Crippen molar-refractivity contribution in [1.82, 2.24) is 5.43 Å². The highest BCUT2D eigenvalue weighted by Gasteiger charge is 2.08. The number of rotatable bonds is 5. The van der Waals surface area contributed by atoms with Crippen molar-refractivity contribution < 1.29 is 9.21 Å². The van der Waals surface area contributed by atoms with E-state index in [0.717, 1.165) is 16.8 Å². The summed E-state index contributed by atoms with van der Waals surface area (Å²) in [5.74, 6) is 0.559. The Morgan fingerprint density at radius 3 is 2.71 bits per heavy atom. The number of amides is 1. The normalized spacial score (nSPS) is 11.5. The molecule has 110 valence electrons. The number of nitrogens with one attached hydrogen (secondary N) is 1. The first-order chi connectivity index (χ1) is 10.1. The van der Waals surface area contributed by atoms with Gasteiger partial charge in [0.2, 0.25) is 5.91 Å².